The van der Waals surface area contributed by atoms with Gasteiger partial charge in [0.1, 0.15) is 0 Å². The molecule has 4 heteroatoms. The van der Waals surface area contributed by atoms with Crippen LogP contribution >= 0.6 is 11.8 Å². The highest BCUT2D eigenvalue weighted by Crippen LogP contribution is 2.10. The second-order valence-corrected chi connectivity index (χ2v) is 3.69. The molecule has 0 N–H and O–H groups in total. The van der Waals surface area contributed by atoms with Crippen molar-refractivity contribution in [1.29, 1.82) is 0 Å². The SMILES string of the molecule is COC(=O)C(C)CSCCCF. The molecule has 0 rings (SSSR count). The number of rotatable bonds is 6. The normalized spacial score (nSPS) is 12.6. The number of thioether (sulfide) groups is 1. The first-order valence-electron chi connectivity index (χ1n) is 3.94. The molecule has 0 aromatic carbocycles. The Kier molecular flexibility index (Phi) is 7.25. The van der Waals surface area contributed by atoms with E-state index in [-0.39, 0.29) is 18.6 Å². The topological polar surface area (TPSA) is 26.3 Å². The summed E-state index contributed by atoms with van der Waals surface area (Å²) in [7, 11) is 1.38. The fraction of sp³-hybridized carbons (Fsp3) is 0.875. The van der Waals surface area contributed by atoms with Gasteiger partial charge in [0.25, 0.3) is 0 Å². The fourth-order valence-electron chi connectivity index (χ4n) is 0.686. The first-order chi connectivity index (χ1) is 5.72. The van der Waals surface area contributed by atoms with Gasteiger partial charge in [0.2, 0.25) is 0 Å². The smallest absolute Gasteiger partial charge is 0.309 e. The van der Waals surface area contributed by atoms with Gasteiger partial charge in [-0.2, -0.15) is 11.8 Å². The van der Waals surface area contributed by atoms with Crippen molar-refractivity contribution < 1.29 is 13.9 Å². The second kappa shape index (κ2) is 7.40. The third-order valence-electron chi connectivity index (χ3n) is 1.39. The van der Waals surface area contributed by atoms with Crippen LogP contribution in [-0.4, -0.2) is 31.3 Å². The molecule has 1 unspecified atom stereocenters. The highest BCUT2D eigenvalue weighted by Gasteiger charge is 2.11. The molecule has 0 aliphatic heterocycles. The third kappa shape index (κ3) is 5.41. The standard InChI is InChI=1S/C8H15FO2S/c1-7(8(10)11-2)6-12-5-3-4-9/h7H,3-6H2,1-2H3. The Balaban J connectivity index is 3.31. The molecule has 0 radical (unpaired) electrons. The zero-order chi connectivity index (χ0) is 9.40. The Morgan fingerprint density at radius 2 is 2.33 bits per heavy atom. The summed E-state index contributed by atoms with van der Waals surface area (Å²) >= 11 is 1.59. The van der Waals surface area contributed by atoms with Crippen LogP contribution in [0.1, 0.15) is 13.3 Å². The van der Waals surface area contributed by atoms with E-state index in [9.17, 15) is 9.18 Å². The van der Waals surface area contributed by atoms with Gasteiger partial charge >= 0.3 is 5.97 Å². The first-order valence-corrected chi connectivity index (χ1v) is 5.09. The van der Waals surface area contributed by atoms with Crippen LogP contribution in [0.2, 0.25) is 0 Å². The van der Waals surface area contributed by atoms with E-state index >= 15 is 0 Å². The van der Waals surface area contributed by atoms with Gasteiger partial charge in [0, 0.05) is 5.75 Å². The Hall–Kier alpha value is -0.250. The number of hydrogen-bond acceptors (Lipinski definition) is 3. The van der Waals surface area contributed by atoms with Crippen molar-refractivity contribution in [3.63, 3.8) is 0 Å². The highest BCUT2D eigenvalue weighted by atomic mass is 32.2. The Morgan fingerprint density at radius 3 is 2.83 bits per heavy atom. The summed E-state index contributed by atoms with van der Waals surface area (Å²) in [5, 5.41) is 0. The van der Waals surface area contributed by atoms with Gasteiger partial charge in [-0.1, -0.05) is 6.92 Å². The van der Waals surface area contributed by atoms with E-state index in [1.54, 1.807) is 11.8 Å². The Bertz CT molecular complexity index is 130. The van der Waals surface area contributed by atoms with Crippen LogP contribution in [0, 0.1) is 5.92 Å². The molecule has 0 saturated heterocycles. The molecular weight excluding hydrogens is 179 g/mol. The molecule has 0 fully saturated rings. The van der Waals surface area contributed by atoms with E-state index in [4.69, 9.17) is 0 Å². The zero-order valence-corrected chi connectivity index (χ0v) is 8.32. The Labute approximate surface area is 76.9 Å². The number of alkyl halides is 1. The van der Waals surface area contributed by atoms with Crippen LogP contribution in [0.4, 0.5) is 4.39 Å². The van der Waals surface area contributed by atoms with E-state index in [1.807, 2.05) is 6.92 Å². The third-order valence-corrected chi connectivity index (χ3v) is 2.71. The quantitative estimate of drug-likeness (QED) is 0.477. The molecule has 0 aromatic heterocycles. The molecule has 0 heterocycles. The van der Waals surface area contributed by atoms with Gasteiger partial charge in [-0.3, -0.25) is 9.18 Å². The summed E-state index contributed by atoms with van der Waals surface area (Å²) in [5.41, 5.74) is 0. The summed E-state index contributed by atoms with van der Waals surface area (Å²) in [5.74, 6) is 1.21. The molecule has 72 valence electrons. The van der Waals surface area contributed by atoms with Crippen LogP contribution in [0.15, 0.2) is 0 Å². The van der Waals surface area contributed by atoms with Gasteiger partial charge in [0.15, 0.2) is 0 Å². The number of hydrogen-bond donors (Lipinski definition) is 0. The molecule has 0 spiro atoms. The maximum absolute atomic E-state index is 11.6. The van der Waals surface area contributed by atoms with E-state index < -0.39 is 0 Å². The maximum atomic E-state index is 11.6. The summed E-state index contributed by atoms with van der Waals surface area (Å²) in [6.07, 6.45) is 0.568. The fourth-order valence-corrected chi connectivity index (χ4v) is 1.66. The first kappa shape index (κ1) is 11.8. The summed E-state index contributed by atoms with van der Waals surface area (Å²) in [6.45, 7) is 1.54. The van der Waals surface area contributed by atoms with Gasteiger partial charge in [0.05, 0.1) is 19.7 Å². The molecule has 0 bridgehead atoms. The van der Waals surface area contributed by atoms with E-state index in [2.05, 4.69) is 4.74 Å². The zero-order valence-electron chi connectivity index (χ0n) is 7.51. The lowest BCUT2D eigenvalue weighted by Crippen LogP contribution is -2.15. The van der Waals surface area contributed by atoms with E-state index in [1.165, 1.54) is 7.11 Å². The highest BCUT2D eigenvalue weighted by molar-refractivity contribution is 7.99. The number of methoxy groups -OCH3 is 1. The number of carbonyl (C=O) groups is 1. The van der Waals surface area contributed by atoms with Crippen molar-refractivity contribution in [2.45, 2.75) is 13.3 Å². The van der Waals surface area contributed by atoms with Crippen molar-refractivity contribution in [3.05, 3.63) is 0 Å². The molecule has 0 aliphatic rings. The number of ether oxygens (including phenoxy) is 1. The maximum Gasteiger partial charge on any atom is 0.309 e. The minimum Gasteiger partial charge on any atom is -0.469 e. The monoisotopic (exact) mass is 194 g/mol. The predicted octanol–water partition coefficient (Wildman–Crippen LogP) is 1.89. The molecule has 2 nitrogen and oxygen atoms in total. The van der Waals surface area contributed by atoms with Crippen LogP contribution in [0.25, 0.3) is 0 Å². The van der Waals surface area contributed by atoms with E-state index in [0.29, 0.717) is 12.2 Å². The van der Waals surface area contributed by atoms with E-state index in [0.717, 1.165) is 5.75 Å². The largest absolute Gasteiger partial charge is 0.469 e. The van der Waals surface area contributed by atoms with Crippen molar-refractivity contribution in [2.75, 3.05) is 25.3 Å². The van der Waals surface area contributed by atoms with Crippen LogP contribution < -0.4 is 0 Å². The summed E-state index contributed by atoms with van der Waals surface area (Å²) < 4.78 is 16.2. The predicted molar refractivity (Wildman–Crippen MR) is 49.1 cm³/mol. The molecule has 12 heavy (non-hydrogen) atoms. The molecular formula is C8H15FO2S. The lowest BCUT2D eigenvalue weighted by atomic mass is 10.2. The van der Waals surface area contributed by atoms with Gasteiger partial charge < -0.3 is 4.74 Å². The van der Waals surface area contributed by atoms with Crippen molar-refractivity contribution in [2.24, 2.45) is 5.92 Å². The average Bonchev–Trinajstić information content (AvgIpc) is 2.10. The number of halogens is 1. The van der Waals surface area contributed by atoms with Crippen molar-refractivity contribution in [1.82, 2.24) is 0 Å². The minimum atomic E-state index is -0.278. The lowest BCUT2D eigenvalue weighted by Gasteiger charge is -2.07. The van der Waals surface area contributed by atoms with Crippen LogP contribution in [0.3, 0.4) is 0 Å². The Morgan fingerprint density at radius 1 is 1.67 bits per heavy atom. The van der Waals surface area contributed by atoms with Crippen LogP contribution in [0.5, 0.6) is 0 Å². The molecule has 0 aromatic rings. The molecule has 0 saturated carbocycles. The van der Waals surface area contributed by atoms with Crippen LogP contribution in [-0.2, 0) is 9.53 Å². The van der Waals surface area contributed by atoms with Gasteiger partial charge in [-0.15, -0.1) is 0 Å². The summed E-state index contributed by atoms with van der Waals surface area (Å²) in [6, 6.07) is 0. The lowest BCUT2D eigenvalue weighted by molar-refractivity contribution is -0.143. The van der Waals surface area contributed by atoms with Crippen molar-refractivity contribution >= 4 is 17.7 Å². The number of carbonyl (C=O) groups excluding carboxylic acids is 1. The number of esters is 1. The summed E-state index contributed by atoms with van der Waals surface area (Å²) in [4.78, 5) is 10.9. The molecule has 0 amide bonds. The van der Waals surface area contributed by atoms with Crippen molar-refractivity contribution in [3.8, 4) is 0 Å². The van der Waals surface area contributed by atoms with Gasteiger partial charge in [-0.05, 0) is 12.2 Å². The molecule has 1 atom stereocenters. The van der Waals surface area contributed by atoms with Gasteiger partial charge in [-0.25, -0.2) is 0 Å². The molecule has 0 aliphatic carbocycles. The minimum absolute atomic E-state index is 0.0837. The second-order valence-electron chi connectivity index (χ2n) is 2.54. The average molecular weight is 194 g/mol.